The fraction of sp³-hybridized carbons (Fsp3) is 0.688. The smallest absolute Gasteiger partial charge is 0.435 e. The van der Waals surface area contributed by atoms with Crippen LogP contribution < -0.4 is 4.74 Å². The van der Waals surface area contributed by atoms with Gasteiger partial charge in [0, 0.05) is 12.6 Å². The molecule has 2 aliphatic rings. The molecule has 25 heavy (non-hydrogen) atoms. The van der Waals surface area contributed by atoms with Crippen molar-refractivity contribution in [3.05, 3.63) is 17.8 Å². The number of carbonyl (C=O) groups is 1. The van der Waals surface area contributed by atoms with Crippen molar-refractivity contribution < 1.29 is 27.8 Å². The second kappa shape index (κ2) is 5.47. The maximum atomic E-state index is 12.6. The number of ether oxygens (including phenoxy) is 1. The number of aromatic nitrogens is 2. The zero-order valence-corrected chi connectivity index (χ0v) is 14.2. The standard InChI is InChI=1S/C16H20F3N3O3/c1-14(2,3)15-7-9(8-22(15)13(23)24)6-11(15)25-12-5-4-10(20-21-12)16(17,18)19/h4-5,9,11H,6-8H2,1-3H3,(H,23,24)/t9-,11+,15?/m0/s1. The van der Waals surface area contributed by atoms with E-state index in [2.05, 4.69) is 10.2 Å². The van der Waals surface area contributed by atoms with Crippen LogP contribution in [-0.4, -0.2) is 44.5 Å². The number of nitrogens with zero attached hydrogens (tertiary/aromatic N) is 3. The van der Waals surface area contributed by atoms with Crippen molar-refractivity contribution in [2.45, 2.75) is 51.4 Å². The van der Waals surface area contributed by atoms with Crippen LogP contribution in [0.25, 0.3) is 0 Å². The number of rotatable bonds is 2. The van der Waals surface area contributed by atoms with Gasteiger partial charge in [-0.25, -0.2) is 4.79 Å². The Balaban J connectivity index is 1.88. The Bertz CT molecular complexity index is 672. The molecule has 3 atom stereocenters. The zero-order chi connectivity index (χ0) is 18.6. The molecule has 9 heteroatoms. The lowest BCUT2D eigenvalue weighted by molar-refractivity contribution is -0.141. The molecule has 1 amide bonds. The van der Waals surface area contributed by atoms with Crippen molar-refractivity contribution in [1.82, 2.24) is 15.1 Å². The summed E-state index contributed by atoms with van der Waals surface area (Å²) in [5.74, 6) is 0.141. The van der Waals surface area contributed by atoms with Gasteiger partial charge >= 0.3 is 12.3 Å². The molecule has 1 aliphatic heterocycles. The third-order valence-electron chi connectivity index (χ3n) is 5.33. The van der Waals surface area contributed by atoms with E-state index < -0.39 is 35.0 Å². The van der Waals surface area contributed by atoms with E-state index in [0.29, 0.717) is 19.4 Å². The molecule has 6 nitrogen and oxygen atoms in total. The molecular formula is C16H20F3N3O3. The van der Waals surface area contributed by atoms with E-state index in [9.17, 15) is 23.1 Å². The van der Waals surface area contributed by atoms with E-state index in [1.165, 1.54) is 4.90 Å². The molecule has 0 spiro atoms. The largest absolute Gasteiger partial charge is 0.471 e. The first-order valence-electron chi connectivity index (χ1n) is 8.03. The molecule has 138 valence electrons. The summed E-state index contributed by atoms with van der Waals surface area (Å²) in [7, 11) is 0. The Kier molecular flexibility index (Phi) is 3.88. The van der Waals surface area contributed by atoms with Gasteiger partial charge in [-0.15, -0.1) is 10.2 Å². The second-order valence-corrected chi connectivity index (χ2v) is 7.73. The van der Waals surface area contributed by atoms with E-state index in [4.69, 9.17) is 4.74 Å². The van der Waals surface area contributed by atoms with Crippen LogP contribution in [0.4, 0.5) is 18.0 Å². The third kappa shape index (κ3) is 2.79. The lowest BCUT2D eigenvalue weighted by Gasteiger charge is -2.50. The molecule has 0 radical (unpaired) electrons. The van der Waals surface area contributed by atoms with Crippen LogP contribution in [0.2, 0.25) is 0 Å². The first-order chi connectivity index (χ1) is 11.4. The minimum Gasteiger partial charge on any atom is -0.471 e. The number of hydrogen-bond donors (Lipinski definition) is 1. The first kappa shape index (κ1) is 17.8. The predicted molar refractivity (Wildman–Crippen MR) is 81.1 cm³/mol. The molecule has 1 saturated carbocycles. The first-order valence-corrected chi connectivity index (χ1v) is 8.03. The Morgan fingerprint density at radius 2 is 2.00 bits per heavy atom. The molecule has 1 N–H and O–H groups in total. The Morgan fingerprint density at radius 3 is 2.48 bits per heavy atom. The summed E-state index contributed by atoms with van der Waals surface area (Å²) in [5, 5.41) is 16.3. The summed E-state index contributed by atoms with van der Waals surface area (Å²) < 4.78 is 43.6. The van der Waals surface area contributed by atoms with Crippen molar-refractivity contribution in [3.8, 4) is 5.88 Å². The van der Waals surface area contributed by atoms with Gasteiger partial charge in [0.15, 0.2) is 5.69 Å². The summed E-state index contributed by atoms with van der Waals surface area (Å²) in [6.07, 6.45) is -4.74. The van der Waals surface area contributed by atoms with E-state index in [1.807, 2.05) is 20.8 Å². The lowest BCUT2D eigenvalue weighted by Crippen LogP contribution is -2.63. The van der Waals surface area contributed by atoms with Gasteiger partial charge in [0.05, 0.1) is 5.54 Å². The highest BCUT2D eigenvalue weighted by molar-refractivity contribution is 5.67. The quantitative estimate of drug-likeness (QED) is 0.876. The van der Waals surface area contributed by atoms with E-state index in [0.717, 1.165) is 12.1 Å². The summed E-state index contributed by atoms with van der Waals surface area (Å²) in [6.45, 7) is 6.30. The van der Waals surface area contributed by atoms with Crippen molar-refractivity contribution in [1.29, 1.82) is 0 Å². The SMILES string of the molecule is CC(C)(C)C12C[C@H](C[C@H]1Oc1ccc(C(F)(F)F)nn1)CN2C(=O)O. The minimum atomic E-state index is -4.56. The molecule has 2 bridgehead atoms. The normalized spacial score (nSPS) is 29.1. The highest BCUT2D eigenvalue weighted by Crippen LogP contribution is 2.56. The number of piperidine rings is 1. The number of fused-ring (bicyclic) bond motifs is 2. The van der Waals surface area contributed by atoms with Gasteiger partial charge in [-0.2, -0.15) is 13.2 Å². The van der Waals surface area contributed by atoms with E-state index >= 15 is 0 Å². The molecule has 2 fully saturated rings. The number of hydrogen-bond acceptors (Lipinski definition) is 4. The zero-order valence-electron chi connectivity index (χ0n) is 14.2. The van der Waals surface area contributed by atoms with Crippen molar-refractivity contribution in [2.24, 2.45) is 11.3 Å². The van der Waals surface area contributed by atoms with Crippen LogP contribution >= 0.6 is 0 Å². The average Bonchev–Trinajstić information content (AvgIpc) is 3.03. The van der Waals surface area contributed by atoms with Crippen molar-refractivity contribution >= 4 is 6.09 Å². The predicted octanol–water partition coefficient (Wildman–Crippen LogP) is 3.43. The summed E-state index contributed by atoms with van der Waals surface area (Å²) in [6, 6.07) is 1.94. The molecule has 1 aromatic heterocycles. The fourth-order valence-electron chi connectivity index (χ4n) is 4.26. The number of halogens is 3. The monoisotopic (exact) mass is 359 g/mol. The highest BCUT2D eigenvalue weighted by atomic mass is 19.4. The molecule has 1 aliphatic carbocycles. The topological polar surface area (TPSA) is 75.6 Å². The number of alkyl halides is 3. The van der Waals surface area contributed by atoms with Crippen LogP contribution in [0.3, 0.4) is 0 Å². The summed E-state index contributed by atoms with van der Waals surface area (Å²) in [5.41, 5.74) is -2.24. The van der Waals surface area contributed by atoms with Crippen LogP contribution in [0.15, 0.2) is 12.1 Å². The molecular weight excluding hydrogens is 339 g/mol. The van der Waals surface area contributed by atoms with Gasteiger partial charge in [0.1, 0.15) is 6.10 Å². The van der Waals surface area contributed by atoms with Crippen molar-refractivity contribution in [2.75, 3.05) is 6.54 Å². The fourth-order valence-corrected chi connectivity index (χ4v) is 4.26. The van der Waals surface area contributed by atoms with Crippen LogP contribution in [-0.2, 0) is 6.18 Å². The Labute approximate surface area is 143 Å². The van der Waals surface area contributed by atoms with Gasteiger partial charge in [0.25, 0.3) is 0 Å². The Hall–Kier alpha value is -2.06. The van der Waals surface area contributed by atoms with Crippen LogP contribution in [0.1, 0.15) is 39.3 Å². The Morgan fingerprint density at radius 1 is 1.32 bits per heavy atom. The summed E-state index contributed by atoms with van der Waals surface area (Å²) >= 11 is 0. The maximum absolute atomic E-state index is 12.6. The minimum absolute atomic E-state index is 0.0282. The van der Waals surface area contributed by atoms with Gasteiger partial charge in [0.2, 0.25) is 5.88 Å². The molecule has 0 aromatic carbocycles. The average molecular weight is 359 g/mol. The molecule has 1 aromatic rings. The number of carboxylic acid groups (broad SMARTS) is 1. The molecule has 3 rings (SSSR count). The van der Waals surface area contributed by atoms with Gasteiger partial charge in [-0.1, -0.05) is 20.8 Å². The molecule has 2 heterocycles. The van der Waals surface area contributed by atoms with Crippen molar-refractivity contribution in [3.63, 3.8) is 0 Å². The van der Waals surface area contributed by atoms with E-state index in [1.54, 1.807) is 0 Å². The second-order valence-electron chi connectivity index (χ2n) is 7.73. The van der Waals surface area contributed by atoms with Gasteiger partial charge in [-0.05, 0) is 30.2 Å². The maximum Gasteiger partial charge on any atom is 0.435 e. The van der Waals surface area contributed by atoms with Gasteiger partial charge < -0.3 is 9.84 Å². The highest BCUT2D eigenvalue weighted by Gasteiger charge is 2.65. The van der Waals surface area contributed by atoms with Gasteiger partial charge in [-0.3, -0.25) is 4.90 Å². The lowest BCUT2D eigenvalue weighted by atomic mass is 9.70. The third-order valence-corrected chi connectivity index (χ3v) is 5.33. The number of amides is 1. The van der Waals surface area contributed by atoms with Crippen LogP contribution in [0, 0.1) is 11.3 Å². The van der Waals surface area contributed by atoms with Crippen LogP contribution in [0.5, 0.6) is 5.88 Å². The molecule has 1 unspecified atom stereocenters. The number of likely N-dealkylation sites (tertiary alicyclic amines) is 1. The molecule has 1 saturated heterocycles. The summed E-state index contributed by atoms with van der Waals surface area (Å²) in [4.78, 5) is 13.1. The van der Waals surface area contributed by atoms with E-state index in [-0.39, 0.29) is 11.8 Å².